The maximum Gasteiger partial charge on any atom is 0.335 e. The van der Waals surface area contributed by atoms with Gasteiger partial charge in [-0.1, -0.05) is 19.9 Å². The Morgan fingerprint density at radius 3 is 2.66 bits per heavy atom. The van der Waals surface area contributed by atoms with Gasteiger partial charge in [0, 0.05) is 29.5 Å². The van der Waals surface area contributed by atoms with E-state index in [1.54, 1.807) is 18.2 Å². The molecule has 0 aliphatic carbocycles. The first-order valence-corrected chi connectivity index (χ1v) is 14.4. The molecular formula is C32H25F3N4O4S. The smallest absolute Gasteiger partial charge is 0.335 e. The Kier molecular flexibility index (Phi) is 7.61. The number of hydrogen-bond acceptors (Lipinski definition) is 7. The summed E-state index contributed by atoms with van der Waals surface area (Å²) in [7, 11) is 0. The molecule has 0 bridgehead atoms. The Hall–Kier alpha value is -4.73. The first-order valence-electron chi connectivity index (χ1n) is 13.6. The van der Waals surface area contributed by atoms with Crippen LogP contribution in [-0.4, -0.2) is 38.8 Å². The highest BCUT2D eigenvalue weighted by Gasteiger charge is 2.39. The summed E-state index contributed by atoms with van der Waals surface area (Å²) < 4.78 is 58.4. The monoisotopic (exact) mass is 618 g/mol. The number of rotatable bonds is 8. The third kappa shape index (κ3) is 5.52. The summed E-state index contributed by atoms with van der Waals surface area (Å²) in [5.74, 6) is -2.51. The molecule has 8 nitrogen and oxygen atoms in total. The molecule has 1 saturated heterocycles. The number of thiophene rings is 1. The van der Waals surface area contributed by atoms with Crippen LogP contribution in [0.3, 0.4) is 0 Å². The Morgan fingerprint density at radius 2 is 1.95 bits per heavy atom. The largest absolute Gasteiger partial charge is 0.478 e. The van der Waals surface area contributed by atoms with Crippen LogP contribution in [0, 0.1) is 34.2 Å². The fourth-order valence-electron chi connectivity index (χ4n) is 5.36. The van der Waals surface area contributed by atoms with Crippen LogP contribution in [-0.2, 0) is 17.8 Å². The zero-order chi connectivity index (χ0) is 31.2. The van der Waals surface area contributed by atoms with Gasteiger partial charge in [-0.2, -0.15) is 5.26 Å². The number of imidazole rings is 1. The van der Waals surface area contributed by atoms with Gasteiger partial charge in [0.05, 0.1) is 46.4 Å². The van der Waals surface area contributed by atoms with Crippen molar-refractivity contribution in [2.75, 3.05) is 13.2 Å². The zero-order valence-electron chi connectivity index (χ0n) is 23.6. The first-order chi connectivity index (χ1) is 21.0. The molecule has 1 N–H and O–H groups in total. The normalized spacial score (nSPS) is 15.9. The quantitative estimate of drug-likeness (QED) is 0.201. The van der Waals surface area contributed by atoms with E-state index < -0.39 is 23.4 Å². The molecule has 0 saturated carbocycles. The number of ether oxygens (including phenoxy) is 2. The molecule has 12 heteroatoms. The molecule has 1 aliphatic rings. The van der Waals surface area contributed by atoms with Crippen molar-refractivity contribution in [3.05, 3.63) is 98.8 Å². The van der Waals surface area contributed by atoms with E-state index in [1.807, 2.05) is 24.5 Å². The fourth-order valence-corrected chi connectivity index (χ4v) is 6.11. The lowest BCUT2D eigenvalue weighted by molar-refractivity contribution is 0.0697. The van der Waals surface area contributed by atoms with Crippen molar-refractivity contribution in [1.29, 1.82) is 5.26 Å². The van der Waals surface area contributed by atoms with Crippen molar-refractivity contribution in [3.8, 4) is 23.2 Å². The minimum Gasteiger partial charge on any atom is -0.478 e. The first kappa shape index (κ1) is 29.3. The predicted molar refractivity (Wildman–Crippen MR) is 156 cm³/mol. The maximum atomic E-state index is 15.6. The molecule has 1 aliphatic heterocycles. The van der Waals surface area contributed by atoms with Crippen molar-refractivity contribution >= 4 is 28.3 Å². The minimum atomic E-state index is -1.08. The Morgan fingerprint density at radius 1 is 1.14 bits per heavy atom. The molecule has 2 aromatic carbocycles. The molecule has 44 heavy (non-hydrogen) atoms. The van der Waals surface area contributed by atoms with E-state index in [-0.39, 0.29) is 62.5 Å². The highest BCUT2D eigenvalue weighted by atomic mass is 32.1. The number of pyridine rings is 1. The van der Waals surface area contributed by atoms with Crippen LogP contribution < -0.4 is 4.74 Å². The van der Waals surface area contributed by atoms with Gasteiger partial charge >= 0.3 is 5.97 Å². The van der Waals surface area contributed by atoms with Crippen molar-refractivity contribution in [2.45, 2.75) is 32.9 Å². The summed E-state index contributed by atoms with van der Waals surface area (Å²) in [5.41, 5.74) is 0.984. The number of fused-ring (bicyclic) bond motifs is 1. The standard InChI is InChI=1S/C32H25F3N4O4S/c1-32(2)16-42-15-28(32)39-26-9-17(31(40)41)6-7-25(26)37-29(39)10-18-8-22(34)20(12-21(18)33)24-4-3-5-30(38-24)43-14-27-23(35)11-19(13-36)44-27/h3-9,11-12,28H,10,14-16H2,1-2H3,(H,40,41)/t28-/m1/s1. The van der Waals surface area contributed by atoms with Crippen molar-refractivity contribution < 1.29 is 32.5 Å². The lowest BCUT2D eigenvalue weighted by atomic mass is 9.87. The van der Waals surface area contributed by atoms with Gasteiger partial charge in [0.1, 0.15) is 40.8 Å². The average Bonchev–Trinajstić information content (AvgIpc) is 3.65. The third-order valence-electron chi connectivity index (χ3n) is 7.68. The van der Waals surface area contributed by atoms with Gasteiger partial charge in [-0.05, 0) is 42.0 Å². The molecule has 1 fully saturated rings. The number of aromatic carboxylic acids is 1. The Bertz CT molecular complexity index is 1960. The number of hydrogen-bond donors (Lipinski definition) is 1. The number of carboxylic acids is 1. The molecule has 5 aromatic rings. The summed E-state index contributed by atoms with van der Waals surface area (Å²) in [4.78, 5) is 21.1. The van der Waals surface area contributed by atoms with Gasteiger partial charge in [0.2, 0.25) is 5.88 Å². The van der Waals surface area contributed by atoms with Crippen molar-refractivity contribution in [3.63, 3.8) is 0 Å². The third-order valence-corrected chi connectivity index (χ3v) is 8.66. The van der Waals surface area contributed by atoms with E-state index in [0.29, 0.717) is 30.1 Å². The van der Waals surface area contributed by atoms with Crippen molar-refractivity contribution in [1.82, 2.24) is 14.5 Å². The van der Waals surface area contributed by atoms with Crippen LogP contribution in [0.2, 0.25) is 0 Å². The van der Waals surface area contributed by atoms with E-state index in [9.17, 15) is 14.3 Å². The molecule has 4 heterocycles. The van der Waals surface area contributed by atoms with Gasteiger partial charge in [-0.15, -0.1) is 11.3 Å². The summed E-state index contributed by atoms with van der Waals surface area (Å²) >= 11 is 0.959. The van der Waals surface area contributed by atoms with E-state index in [0.717, 1.165) is 29.5 Å². The number of nitrogens with zero attached hydrogens (tertiary/aromatic N) is 4. The van der Waals surface area contributed by atoms with Gasteiger partial charge in [-0.25, -0.2) is 27.9 Å². The number of benzene rings is 2. The number of halogens is 3. The SMILES string of the molecule is CC1(C)COC[C@H]1n1c(Cc2cc(F)c(-c3cccc(OCc4sc(C#N)cc4F)n3)cc2F)nc2ccc(C(=O)O)cc21. The second kappa shape index (κ2) is 11.4. The second-order valence-corrected chi connectivity index (χ2v) is 12.3. The molecule has 6 rings (SSSR count). The van der Waals surface area contributed by atoms with Crippen LogP contribution in [0.4, 0.5) is 13.2 Å². The predicted octanol–water partition coefficient (Wildman–Crippen LogP) is 6.91. The van der Waals surface area contributed by atoms with E-state index >= 15 is 8.78 Å². The van der Waals surface area contributed by atoms with E-state index in [2.05, 4.69) is 4.98 Å². The van der Waals surface area contributed by atoms with Gasteiger partial charge in [0.25, 0.3) is 0 Å². The summed E-state index contributed by atoms with van der Waals surface area (Å²) in [5, 5.41) is 18.5. The Balaban J connectivity index is 1.31. The lowest BCUT2D eigenvalue weighted by Crippen LogP contribution is -2.27. The van der Waals surface area contributed by atoms with E-state index in [4.69, 9.17) is 19.7 Å². The fraction of sp³-hybridized carbons (Fsp3) is 0.250. The Labute approximate surface area is 253 Å². The second-order valence-electron chi connectivity index (χ2n) is 11.2. The maximum absolute atomic E-state index is 15.6. The van der Waals surface area contributed by atoms with Crippen LogP contribution >= 0.6 is 11.3 Å². The minimum absolute atomic E-state index is 0.0552. The van der Waals surface area contributed by atoms with E-state index in [1.165, 1.54) is 18.2 Å². The number of aromatic nitrogens is 3. The summed E-state index contributed by atoms with van der Waals surface area (Å²) in [6.45, 7) is 4.72. The highest BCUT2D eigenvalue weighted by molar-refractivity contribution is 7.12. The molecule has 0 radical (unpaired) electrons. The molecule has 3 aromatic heterocycles. The number of nitriles is 1. The lowest BCUT2D eigenvalue weighted by Gasteiger charge is -2.28. The summed E-state index contributed by atoms with van der Waals surface area (Å²) in [6, 6.07) is 14.2. The van der Waals surface area contributed by atoms with Crippen LogP contribution in [0.5, 0.6) is 5.88 Å². The van der Waals surface area contributed by atoms with Gasteiger partial charge in [-0.3, -0.25) is 0 Å². The van der Waals surface area contributed by atoms with Gasteiger partial charge in [0.15, 0.2) is 0 Å². The summed E-state index contributed by atoms with van der Waals surface area (Å²) in [6.07, 6.45) is -0.0552. The molecule has 0 amide bonds. The van der Waals surface area contributed by atoms with Crippen LogP contribution in [0.1, 0.15) is 51.4 Å². The molecule has 0 spiro atoms. The average molecular weight is 619 g/mol. The van der Waals surface area contributed by atoms with Crippen molar-refractivity contribution in [2.24, 2.45) is 5.41 Å². The molecular weight excluding hydrogens is 593 g/mol. The highest BCUT2D eigenvalue weighted by Crippen LogP contribution is 2.40. The zero-order valence-corrected chi connectivity index (χ0v) is 24.4. The van der Waals surface area contributed by atoms with Crippen LogP contribution in [0.25, 0.3) is 22.3 Å². The molecule has 0 unspecified atom stereocenters. The van der Waals surface area contributed by atoms with Crippen LogP contribution in [0.15, 0.2) is 54.6 Å². The number of carboxylic acid groups (broad SMARTS) is 1. The molecule has 1 atom stereocenters. The van der Waals surface area contributed by atoms with Gasteiger partial charge < -0.3 is 19.1 Å². The molecule has 224 valence electrons. The topological polar surface area (TPSA) is 110 Å². The number of carbonyl (C=O) groups is 1.